The lowest BCUT2D eigenvalue weighted by atomic mass is 10.1. The van der Waals surface area contributed by atoms with Crippen molar-refractivity contribution in [3.8, 4) is 6.07 Å². The smallest absolute Gasteiger partial charge is 0.0841 e. The average Bonchev–Trinajstić information content (AvgIpc) is 2.13. The summed E-state index contributed by atoms with van der Waals surface area (Å²) >= 11 is 5.81. The van der Waals surface area contributed by atoms with Crippen LogP contribution in [-0.4, -0.2) is 13.1 Å². The molecule has 0 aliphatic carbocycles. The van der Waals surface area contributed by atoms with Gasteiger partial charge in [0.15, 0.2) is 0 Å². The van der Waals surface area contributed by atoms with Crippen molar-refractivity contribution in [3.63, 3.8) is 0 Å². The summed E-state index contributed by atoms with van der Waals surface area (Å²) in [6, 6.07) is 9.78. The summed E-state index contributed by atoms with van der Waals surface area (Å²) in [5, 5.41) is 12.0. The van der Waals surface area contributed by atoms with Gasteiger partial charge in [0.25, 0.3) is 0 Å². The molecule has 0 saturated carbocycles. The summed E-state index contributed by atoms with van der Waals surface area (Å²) in [5.41, 5.74) is 1.19. The summed E-state index contributed by atoms with van der Waals surface area (Å²) in [7, 11) is 0. The van der Waals surface area contributed by atoms with Crippen molar-refractivity contribution in [2.75, 3.05) is 13.1 Å². The van der Waals surface area contributed by atoms with Crippen molar-refractivity contribution in [2.24, 2.45) is 0 Å². The first-order valence-electron chi connectivity index (χ1n) is 4.15. The molecule has 1 N–H and O–H groups in total. The van der Waals surface area contributed by atoms with E-state index in [0.29, 0.717) is 6.54 Å². The van der Waals surface area contributed by atoms with Gasteiger partial charge < -0.3 is 5.32 Å². The third-order valence-corrected chi connectivity index (χ3v) is 1.92. The minimum Gasteiger partial charge on any atom is -0.304 e. The van der Waals surface area contributed by atoms with Gasteiger partial charge in [-0.25, -0.2) is 0 Å². The molecule has 2 nitrogen and oxygen atoms in total. The first-order chi connectivity index (χ1) is 6.33. The molecule has 0 unspecified atom stereocenters. The summed E-state index contributed by atoms with van der Waals surface area (Å²) < 4.78 is 0. The number of hydrogen-bond acceptors (Lipinski definition) is 2. The number of nitriles is 1. The molecule has 0 spiro atoms. The van der Waals surface area contributed by atoms with Crippen LogP contribution in [0.4, 0.5) is 0 Å². The highest BCUT2D eigenvalue weighted by Crippen LogP contribution is 2.10. The predicted octanol–water partition coefficient (Wildman–Crippen LogP) is 2.00. The molecule has 68 valence electrons. The fraction of sp³-hybridized carbons (Fsp3) is 0.300. The zero-order valence-corrected chi connectivity index (χ0v) is 8.01. The van der Waals surface area contributed by atoms with Crippen LogP contribution in [0.25, 0.3) is 0 Å². The lowest BCUT2D eigenvalue weighted by Gasteiger charge is -2.01. The molecule has 0 aliphatic rings. The Morgan fingerprint density at radius 3 is 3.00 bits per heavy atom. The monoisotopic (exact) mass is 194 g/mol. The Hall–Kier alpha value is -1.04. The molecule has 3 heteroatoms. The van der Waals surface area contributed by atoms with E-state index < -0.39 is 0 Å². The third-order valence-electron chi connectivity index (χ3n) is 1.68. The van der Waals surface area contributed by atoms with Crippen molar-refractivity contribution < 1.29 is 0 Å². The quantitative estimate of drug-likeness (QED) is 0.588. The van der Waals surface area contributed by atoms with Crippen LogP contribution in [-0.2, 0) is 6.42 Å². The first kappa shape index (κ1) is 10.0. The molecule has 0 fully saturated rings. The van der Waals surface area contributed by atoms with Gasteiger partial charge in [0.05, 0.1) is 12.6 Å². The molecule has 0 radical (unpaired) electrons. The van der Waals surface area contributed by atoms with Gasteiger partial charge >= 0.3 is 0 Å². The highest BCUT2D eigenvalue weighted by molar-refractivity contribution is 6.30. The van der Waals surface area contributed by atoms with Gasteiger partial charge in [-0.05, 0) is 24.1 Å². The summed E-state index contributed by atoms with van der Waals surface area (Å²) in [4.78, 5) is 0. The maximum atomic E-state index is 8.27. The van der Waals surface area contributed by atoms with Gasteiger partial charge in [-0.3, -0.25) is 0 Å². The topological polar surface area (TPSA) is 35.8 Å². The molecule has 13 heavy (non-hydrogen) atoms. The zero-order valence-electron chi connectivity index (χ0n) is 7.26. The second-order valence-electron chi connectivity index (χ2n) is 2.71. The minimum atomic E-state index is 0.403. The third kappa shape index (κ3) is 3.93. The van der Waals surface area contributed by atoms with Crippen LogP contribution in [0.1, 0.15) is 5.56 Å². The predicted molar refractivity (Wildman–Crippen MR) is 53.6 cm³/mol. The largest absolute Gasteiger partial charge is 0.304 e. The lowest BCUT2D eigenvalue weighted by Crippen LogP contribution is -2.17. The molecule has 0 atom stereocenters. The standard InChI is InChI=1S/C10H11ClN2/c11-10-3-1-2-9(8-10)4-6-13-7-5-12/h1-3,8,13H,4,6-7H2. The van der Waals surface area contributed by atoms with Crippen LogP contribution in [0.2, 0.25) is 5.02 Å². The Labute approximate surface area is 83.1 Å². The van der Waals surface area contributed by atoms with Crippen molar-refractivity contribution >= 4 is 11.6 Å². The number of halogens is 1. The number of nitrogens with zero attached hydrogens (tertiary/aromatic N) is 1. The van der Waals surface area contributed by atoms with Crippen LogP contribution in [0.3, 0.4) is 0 Å². The highest BCUT2D eigenvalue weighted by Gasteiger charge is 1.93. The van der Waals surface area contributed by atoms with Crippen molar-refractivity contribution in [3.05, 3.63) is 34.9 Å². The van der Waals surface area contributed by atoms with Gasteiger partial charge in [-0.15, -0.1) is 0 Å². The van der Waals surface area contributed by atoms with E-state index in [1.807, 2.05) is 30.3 Å². The molecular weight excluding hydrogens is 184 g/mol. The SMILES string of the molecule is N#CCNCCc1cccc(Cl)c1. The fourth-order valence-corrected chi connectivity index (χ4v) is 1.28. The number of rotatable bonds is 4. The molecule has 0 heterocycles. The molecule has 0 saturated heterocycles. The van der Waals surface area contributed by atoms with Crippen LogP contribution in [0.15, 0.2) is 24.3 Å². The lowest BCUT2D eigenvalue weighted by molar-refractivity contribution is 0.749. The molecule has 0 aromatic heterocycles. The average molecular weight is 195 g/mol. The molecular formula is C10H11ClN2. The molecule has 1 aromatic rings. The number of benzene rings is 1. The number of hydrogen-bond donors (Lipinski definition) is 1. The molecule has 1 aromatic carbocycles. The number of nitrogens with one attached hydrogen (secondary N) is 1. The van der Waals surface area contributed by atoms with Gasteiger partial charge in [-0.1, -0.05) is 23.7 Å². The zero-order chi connectivity index (χ0) is 9.52. The molecule has 0 bridgehead atoms. The van der Waals surface area contributed by atoms with Crippen LogP contribution in [0, 0.1) is 11.3 Å². The molecule has 0 aliphatic heterocycles. The fourth-order valence-electron chi connectivity index (χ4n) is 1.07. The van der Waals surface area contributed by atoms with Gasteiger partial charge in [-0.2, -0.15) is 5.26 Å². The summed E-state index contributed by atoms with van der Waals surface area (Å²) in [5.74, 6) is 0. The highest BCUT2D eigenvalue weighted by atomic mass is 35.5. The van der Waals surface area contributed by atoms with Crippen LogP contribution >= 0.6 is 11.6 Å². The Kier molecular flexibility index (Phi) is 4.31. The van der Waals surface area contributed by atoms with E-state index in [0.717, 1.165) is 18.0 Å². The maximum absolute atomic E-state index is 8.27. The second kappa shape index (κ2) is 5.58. The maximum Gasteiger partial charge on any atom is 0.0841 e. The second-order valence-corrected chi connectivity index (χ2v) is 3.15. The van der Waals surface area contributed by atoms with E-state index in [-0.39, 0.29) is 0 Å². The van der Waals surface area contributed by atoms with Crippen molar-refractivity contribution in [2.45, 2.75) is 6.42 Å². The van der Waals surface area contributed by atoms with E-state index in [9.17, 15) is 0 Å². The van der Waals surface area contributed by atoms with Crippen LogP contribution < -0.4 is 5.32 Å². The normalized spacial score (nSPS) is 9.54. The Morgan fingerprint density at radius 1 is 1.46 bits per heavy atom. The summed E-state index contributed by atoms with van der Waals surface area (Å²) in [6.07, 6.45) is 0.905. The molecule has 0 amide bonds. The van der Waals surface area contributed by atoms with E-state index in [1.165, 1.54) is 5.56 Å². The van der Waals surface area contributed by atoms with Gasteiger partial charge in [0, 0.05) is 11.6 Å². The van der Waals surface area contributed by atoms with E-state index in [4.69, 9.17) is 16.9 Å². The van der Waals surface area contributed by atoms with E-state index in [1.54, 1.807) is 0 Å². The Morgan fingerprint density at radius 2 is 2.31 bits per heavy atom. The Bertz CT molecular complexity index is 304. The van der Waals surface area contributed by atoms with Crippen molar-refractivity contribution in [1.29, 1.82) is 5.26 Å². The minimum absolute atomic E-state index is 0.403. The van der Waals surface area contributed by atoms with Gasteiger partial charge in [0.1, 0.15) is 0 Å². The summed E-state index contributed by atoms with van der Waals surface area (Å²) in [6.45, 7) is 1.22. The van der Waals surface area contributed by atoms with E-state index >= 15 is 0 Å². The first-order valence-corrected chi connectivity index (χ1v) is 4.53. The Balaban J connectivity index is 2.33. The van der Waals surface area contributed by atoms with Gasteiger partial charge in [0.2, 0.25) is 0 Å². The van der Waals surface area contributed by atoms with E-state index in [2.05, 4.69) is 5.32 Å². The van der Waals surface area contributed by atoms with Crippen LogP contribution in [0.5, 0.6) is 0 Å². The van der Waals surface area contributed by atoms with Crippen molar-refractivity contribution in [1.82, 2.24) is 5.32 Å². The molecule has 1 rings (SSSR count).